The van der Waals surface area contributed by atoms with Crippen LogP contribution in [0.2, 0.25) is 0 Å². The summed E-state index contributed by atoms with van der Waals surface area (Å²) in [6.45, 7) is 4.59. The van der Waals surface area contributed by atoms with Crippen molar-refractivity contribution in [2.45, 2.75) is 32.8 Å². The quantitative estimate of drug-likeness (QED) is 0.738. The first-order valence-electron chi connectivity index (χ1n) is 7.67. The van der Waals surface area contributed by atoms with Crippen LogP contribution in [0, 0.1) is 6.92 Å². The average molecular weight is 341 g/mol. The van der Waals surface area contributed by atoms with Crippen LogP contribution in [0.5, 0.6) is 0 Å². The van der Waals surface area contributed by atoms with Crippen molar-refractivity contribution in [2.75, 3.05) is 28.9 Å². The third-order valence-electron chi connectivity index (χ3n) is 3.64. The number of urea groups is 1. The molecule has 0 spiro atoms. The van der Waals surface area contributed by atoms with E-state index < -0.39 is 10.0 Å². The minimum Gasteiger partial charge on any atom is -0.376 e. The van der Waals surface area contributed by atoms with Gasteiger partial charge < -0.3 is 15.4 Å². The highest BCUT2D eigenvalue weighted by Gasteiger charge is 2.16. The summed E-state index contributed by atoms with van der Waals surface area (Å²) in [7, 11) is -3.31. The van der Waals surface area contributed by atoms with E-state index in [1.54, 1.807) is 32.0 Å². The Morgan fingerprint density at radius 1 is 1.39 bits per heavy atom. The smallest absolute Gasteiger partial charge is 0.319 e. The van der Waals surface area contributed by atoms with Crippen molar-refractivity contribution in [2.24, 2.45) is 0 Å². The average Bonchev–Trinajstić information content (AvgIpc) is 3.01. The predicted octanol–water partition coefficient (Wildman–Crippen LogP) is 2.06. The summed E-state index contributed by atoms with van der Waals surface area (Å²) in [6, 6.07) is 4.71. The number of nitrogens with one attached hydrogen (secondary N) is 3. The molecule has 1 heterocycles. The van der Waals surface area contributed by atoms with Gasteiger partial charge in [0.15, 0.2) is 0 Å². The number of amides is 2. The molecular weight excluding hydrogens is 318 g/mol. The first kappa shape index (κ1) is 17.6. The largest absolute Gasteiger partial charge is 0.376 e. The number of anilines is 2. The summed E-state index contributed by atoms with van der Waals surface area (Å²) in [5.74, 6) is 0.0120. The predicted molar refractivity (Wildman–Crippen MR) is 90.3 cm³/mol. The van der Waals surface area contributed by atoms with E-state index in [0.29, 0.717) is 17.9 Å². The molecule has 0 saturated carbocycles. The Bertz CT molecular complexity index is 655. The number of hydrogen-bond acceptors (Lipinski definition) is 4. The van der Waals surface area contributed by atoms with Gasteiger partial charge in [0.25, 0.3) is 0 Å². The number of aryl methyl sites for hydroxylation is 1. The van der Waals surface area contributed by atoms with Gasteiger partial charge in [-0.05, 0) is 50.5 Å². The number of benzene rings is 1. The fourth-order valence-corrected chi connectivity index (χ4v) is 2.99. The molecule has 2 amide bonds. The van der Waals surface area contributed by atoms with Gasteiger partial charge in [0.2, 0.25) is 10.0 Å². The lowest BCUT2D eigenvalue weighted by Gasteiger charge is -2.13. The minimum absolute atomic E-state index is 0.0120. The molecule has 0 radical (unpaired) electrons. The molecule has 0 unspecified atom stereocenters. The fraction of sp³-hybridized carbons (Fsp3) is 0.533. The minimum atomic E-state index is -3.31. The van der Waals surface area contributed by atoms with Gasteiger partial charge in [-0.15, -0.1) is 0 Å². The molecule has 23 heavy (non-hydrogen) atoms. The molecule has 1 aliphatic heterocycles. The Balaban J connectivity index is 1.90. The van der Waals surface area contributed by atoms with E-state index in [2.05, 4.69) is 15.4 Å². The summed E-state index contributed by atoms with van der Waals surface area (Å²) in [4.78, 5) is 11.9. The molecule has 0 aliphatic carbocycles. The van der Waals surface area contributed by atoms with E-state index in [-0.39, 0.29) is 17.9 Å². The van der Waals surface area contributed by atoms with E-state index in [0.717, 1.165) is 25.0 Å². The maximum atomic E-state index is 11.9. The van der Waals surface area contributed by atoms with Gasteiger partial charge in [0.1, 0.15) is 0 Å². The maximum Gasteiger partial charge on any atom is 0.319 e. The molecule has 128 valence electrons. The van der Waals surface area contributed by atoms with Crippen LogP contribution in [0.25, 0.3) is 0 Å². The molecule has 2 rings (SSSR count). The van der Waals surface area contributed by atoms with Crippen LogP contribution in [0.4, 0.5) is 16.2 Å². The molecule has 1 aromatic rings. The Hall–Kier alpha value is -1.80. The second-order valence-corrected chi connectivity index (χ2v) is 7.52. The molecule has 3 N–H and O–H groups in total. The summed E-state index contributed by atoms with van der Waals surface area (Å²) in [5, 5.41) is 5.50. The number of carbonyl (C=O) groups is 1. The van der Waals surface area contributed by atoms with Crippen molar-refractivity contribution in [3.8, 4) is 0 Å². The first-order valence-corrected chi connectivity index (χ1v) is 9.32. The lowest BCUT2D eigenvalue weighted by atomic mass is 10.2. The molecule has 1 aliphatic rings. The van der Waals surface area contributed by atoms with Crippen LogP contribution in [0.3, 0.4) is 0 Å². The number of carbonyl (C=O) groups excluding carboxylic acids is 1. The van der Waals surface area contributed by atoms with E-state index in [9.17, 15) is 13.2 Å². The number of sulfonamides is 1. The Kier molecular flexibility index (Phi) is 5.84. The highest BCUT2D eigenvalue weighted by atomic mass is 32.2. The lowest BCUT2D eigenvalue weighted by molar-refractivity contribution is 0.112. The van der Waals surface area contributed by atoms with E-state index in [4.69, 9.17) is 4.74 Å². The van der Waals surface area contributed by atoms with Crippen LogP contribution in [0.1, 0.15) is 25.3 Å². The summed E-state index contributed by atoms with van der Waals surface area (Å²) in [5.41, 5.74) is 1.85. The third kappa shape index (κ3) is 5.40. The monoisotopic (exact) mass is 341 g/mol. The molecule has 1 saturated heterocycles. The summed E-state index contributed by atoms with van der Waals surface area (Å²) < 4.78 is 31.1. The fourth-order valence-electron chi connectivity index (χ4n) is 2.28. The molecule has 1 aromatic carbocycles. The Morgan fingerprint density at radius 3 is 2.78 bits per heavy atom. The number of rotatable bonds is 6. The molecule has 1 atom stereocenters. The van der Waals surface area contributed by atoms with Crippen LogP contribution in [-0.2, 0) is 14.8 Å². The topological polar surface area (TPSA) is 96.5 Å². The van der Waals surface area contributed by atoms with Crippen molar-refractivity contribution in [3.05, 3.63) is 23.8 Å². The van der Waals surface area contributed by atoms with Gasteiger partial charge in [-0.2, -0.15) is 0 Å². The lowest BCUT2D eigenvalue weighted by Crippen LogP contribution is -2.35. The molecule has 1 fully saturated rings. The van der Waals surface area contributed by atoms with Crippen molar-refractivity contribution in [3.63, 3.8) is 0 Å². The van der Waals surface area contributed by atoms with Crippen molar-refractivity contribution in [1.29, 1.82) is 0 Å². The van der Waals surface area contributed by atoms with Gasteiger partial charge >= 0.3 is 6.03 Å². The van der Waals surface area contributed by atoms with E-state index in [1.165, 1.54) is 0 Å². The Labute approximate surface area is 136 Å². The van der Waals surface area contributed by atoms with Gasteiger partial charge in [-0.1, -0.05) is 0 Å². The maximum absolute atomic E-state index is 11.9. The van der Waals surface area contributed by atoms with Crippen LogP contribution < -0.4 is 15.4 Å². The van der Waals surface area contributed by atoms with E-state index >= 15 is 0 Å². The molecule has 7 nitrogen and oxygen atoms in total. The zero-order valence-corrected chi connectivity index (χ0v) is 14.2. The van der Waals surface area contributed by atoms with Crippen molar-refractivity contribution in [1.82, 2.24) is 5.32 Å². The summed E-state index contributed by atoms with van der Waals surface area (Å²) in [6.07, 6.45) is 2.09. The van der Waals surface area contributed by atoms with Gasteiger partial charge in [0, 0.05) is 18.8 Å². The zero-order valence-electron chi connectivity index (χ0n) is 13.4. The van der Waals surface area contributed by atoms with Crippen LogP contribution >= 0.6 is 0 Å². The Morgan fingerprint density at radius 2 is 2.17 bits per heavy atom. The highest BCUT2D eigenvalue weighted by Crippen LogP contribution is 2.21. The SMILES string of the molecule is CCS(=O)(=O)Nc1ccc(NC(=O)NC[C@H]2CCCO2)cc1C. The molecule has 0 aromatic heterocycles. The standard InChI is InChI=1S/C15H23N3O4S/c1-3-23(20,21)18-14-7-6-12(9-11(14)2)17-15(19)16-10-13-5-4-8-22-13/h6-7,9,13,18H,3-5,8,10H2,1-2H3,(H2,16,17,19)/t13-/m1/s1. The second kappa shape index (κ2) is 7.65. The molecule has 8 heteroatoms. The van der Waals surface area contributed by atoms with Gasteiger partial charge in [-0.25, -0.2) is 13.2 Å². The third-order valence-corrected chi connectivity index (χ3v) is 4.94. The normalized spacial score (nSPS) is 17.7. The summed E-state index contributed by atoms with van der Waals surface area (Å²) >= 11 is 0. The van der Waals surface area contributed by atoms with Crippen LogP contribution in [0.15, 0.2) is 18.2 Å². The second-order valence-electron chi connectivity index (χ2n) is 5.51. The van der Waals surface area contributed by atoms with E-state index in [1.807, 2.05) is 0 Å². The highest BCUT2D eigenvalue weighted by molar-refractivity contribution is 7.92. The number of ether oxygens (including phenoxy) is 1. The molecular formula is C15H23N3O4S. The molecule has 0 bridgehead atoms. The van der Waals surface area contributed by atoms with Crippen LogP contribution in [-0.4, -0.2) is 39.5 Å². The zero-order chi connectivity index (χ0) is 16.9. The van der Waals surface area contributed by atoms with Gasteiger partial charge in [-0.3, -0.25) is 4.72 Å². The van der Waals surface area contributed by atoms with Crippen molar-refractivity contribution >= 4 is 27.4 Å². The number of hydrogen-bond donors (Lipinski definition) is 3. The van der Waals surface area contributed by atoms with Gasteiger partial charge in [0.05, 0.1) is 17.5 Å². The first-order chi connectivity index (χ1) is 10.9. The van der Waals surface area contributed by atoms with Crippen molar-refractivity contribution < 1.29 is 17.9 Å².